The van der Waals surface area contributed by atoms with Gasteiger partial charge in [0.05, 0.1) is 33.8 Å². The van der Waals surface area contributed by atoms with Gasteiger partial charge in [-0.1, -0.05) is 152 Å². The van der Waals surface area contributed by atoms with Crippen molar-refractivity contribution in [1.82, 2.24) is 14.1 Å². The topological polar surface area (TPSA) is 26.0 Å². The van der Waals surface area contributed by atoms with Crippen molar-refractivity contribution >= 4 is 51.0 Å². The summed E-state index contributed by atoms with van der Waals surface area (Å²) in [6, 6.07) is 74.6. The molecule has 12 rings (SSSR count). The van der Waals surface area contributed by atoms with Crippen LogP contribution in [-0.4, -0.2) is 14.1 Å². The quantitative estimate of drug-likeness (QED) is 0.152. The van der Waals surface area contributed by atoms with Crippen molar-refractivity contribution in [3.8, 4) is 67.1 Å². The van der Waals surface area contributed by atoms with Crippen LogP contribution in [0.15, 0.2) is 231 Å². The van der Waals surface area contributed by atoms with Crippen molar-refractivity contribution in [3.05, 3.63) is 243 Å². The van der Waals surface area contributed by atoms with E-state index in [1.807, 2.05) is 18.5 Å². The maximum Gasteiger partial charge on any atom is 0.0641 e. The zero-order chi connectivity index (χ0) is 44.1. The van der Waals surface area contributed by atoms with E-state index < -0.39 is 0 Å². The molecule has 0 bridgehead atoms. The van der Waals surface area contributed by atoms with E-state index in [1.54, 1.807) is 0 Å². The molecule has 0 N–H and O–H groups in total. The Morgan fingerprint density at radius 3 is 1.76 bits per heavy atom. The zero-order valence-electron chi connectivity index (χ0n) is 36.5. The van der Waals surface area contributed by atoms with Gasteiger partial charge in [0.15, 0.2) is 0 Å². The van der Waals surface area contributed by atoms with Crippen LogP contribution in [0.1, 0.15) is 18.2 Å². The largest absolute Gasteiger partial charge is 0.309 e. The number of allylic oxidation sites excluding steroid dienone is 1. The lowest BCUT2D eigenvalue weighted by molar-refractivity contribution is 1.10. The molecule has 4 heterocycles. The molecule has 0 fully saturated rings. The van der Waals surface area contributed by atoms with Gasteiger partial charge in [0.25, 0.3) is 0 Å². The Labute approximate surface area is 385 Å². The molecule has 312 valence electrons. The van der Waals surface area contributed by atoms with Crippen LogP contribution in [0.2, 0.25) is 0 Å². The molecular formula is C62H44N4. The number of nitrogens with zero attached hydrogens (tertiary/aromatic N) is 4. The maximum atomic E-state index is 4.81. The third-order valence-corrected chi connectivity index (χ3v) is 13.0. The van der Waals surface area contributed by atoms with Crippen LogP contribution >= 0.6 is 0 Å². The van der Waals surface area contributed by atoms with Gasteiger partial charge in [-0.3, -0.25) is 4.98 Å². The molecule has 0 saturated carbocycles. The van der Waals surface area contributed by atoms with Crippen molar-refractivity contribution in [2.24, 2.45) is 0 Å². The molecule has 0 amide bonds. The van der Waals surface area contributed by atoms with Gasteiger partial charge in [0.1, 0.15) is 0 Å². The molecule has 0 spiro atoms. The second-order valence-electron chi connectivity index (χ2n) is 16.8. The van der Waals surface area contributed by atoms with Gasteiger partial charge >= 0.3 is 0 Å². The van der Waals surface area contributed by atoms with Gasteiger partial charge in [0, 0.05) is 73.6 Å². The van der Waals surface area contributed by atoms with Crippen molar-refractivity contribution in [3.63, 3.8) is 0 Å². The maximum absolute atomic E-state index is 4.81. The summed E-state index contributed by atoms with van der Waals surface area (Å²) < 4.78 is 4.80. The zero-order valence-corrected chi connectivity index (χ0v) is 36.5. The summed E-state index contributed by atoms with van der Waals surface area (Å²) >= 11 is 0. The van der Waals surface area contributed by atoms with Crippen molar-refractivity contribution < 1.29 is 0 Å². The van der Waals surface area contributed by atoms with Crippen LogP contribution in [0.25, 0.3) is 101 Å². The normalized spacial score (nSPS) is 12.0. The van der Waals surface area contributed by atoms with Crippen LogP contribution in [0.4, 0.5) is 17.1 Å². The number of benzene rings is 8. The fourth-order valence-corrected chi connectivity index (χ4v) is 10.1. The van der Waals surface area contributed by atoms with E-state index in [1.165, 1.54) is 33.2 Å². The van der Waals surface area contributed by atoms with Gasteiger partial charge in [0.2, 0.25) is 0 Å². The minimum absolute atomic E-state index is 1.06. The smallest absolute Gasteiger partial charge is 0.0641 e. The molecule has 0 saturated heterocycles. The Balaban J connectivity index is 0.981. The highest BCUT2D eigenvalue weighted by Crippen LogP contribution is 2.54. The number of hydrogen-bond acceptors (Lipinski definition) is 2. The third kappa shape index (κ3) is 6.34. The first-order valence-electron chi connectivity index (χ1n) is 22.5. The van der Waals surface area contributed by atoms with Gasteiger partial charge in [-0.2, -0.15) is 0 Å². The average Bonchev–Trinajstić information content (AvgIpc) is 3.85. The van der Waals surface area contributed by atoms with E-state index in [4.69, 9.17) is 4.98 Å². The summed E-state index contributed by atoms with van der Waals surface area (Å²) in [6.45, 7) is 6.23. The summed E-state index contributed by atoms with van der Waals surface area (Å²) in [4.78, 5) is 7.22. The molecule has 11 aromatic rings. The Kier molecular flexibility index (Phi) is 9.50. The molecule has 4 nitrogen and oxygen atoms in total. The predicted molar refractivity (Wildman–Crippen MR) is 278 cm³/mol. The Bertz CT molecular complexity index is 3680. The second-order valence-corrected chi connectivity index (χ2v) is 16.8. The number of hydrogen-bond donors (Lipinski definition) is 0. The minimum Gasteiger partial charge on any atom is -0.309 e. The molecular weight excluding hydrogens is 801 g/mol. The highest BCUT2D eigenvalue weighted by Gasteiger charge is 2.31. The fourth-order valence-electron chi connectivity index (χ4n) is 10.1. The van der Waals surface area contributed by atoms with Crippen LogP contribution in [-0.2, 0) is 0 Å². The molecule has 0 radical (unpaired) electrons. The molecule has 0 atom stereocenters. The fraction of sp³-hybridized carbons (Fsp3) is 0.0161. The van der Waals surface area contributed by atoms with E-state index in [9.17, 15) is 0 Å². The molecule has 1 aliphatic heterocycles. The molecule has 66 heavy (non-hydrogen) atoms. The molecule has 4 heteroatoms. The van der Waals surface area contributed by atoms with E-state index >= 15 is 0 Å². The summed E-state index contributed by atoms with van der Waals surface area (Å²) in [5.74, 6) is 0. The first-order chi connectivity index (χ1) is 32.7. The molecule has 8 aromatic carbocycles. The number of aromatic nitrogens is 3. The van der Waals surface area contributed by atoms with Crippen LogP contribution in [0.3, 0.4) is 0 Å². The van der Waals surface area contributed by atoms with Crippen molar-refractivity contribution in [2.75, 3.05) is 4.90 Å². The van der Waals surface area contributed by atoms with Gasteiger partial charge in [-0.15, -0.1) is 0 Å². The summed E-state index contributed by atoms with van der Waals surface area (Å²) in [5, 5.41) is 2.39. The highest BCUT2D eigenvalue weighted by atomic mass is 15.2. The first kappa shape index (κ1) is 38.9. The summed E-state index contributed by atoms with van der Waals surface area (Å²) in [5.41, 5.74) is 21.6. The monoisotopic (exact) mass is 844 g/mol. The van der Waals surface area contributed by atoms with Gasteiger partial charge in [-0.05, 0) is 108 Å². The Hall–Kier alpha value is -8.73. The number of pyridine rings is 1. The van der Waals surface area contributed by atoms with E-state index in [-0.39, 0.29) is 0 Å². The number of fused-ring (bicyclic) bond motifs is 8. The number of anilines is 3. The van der Waals surface area contributed by atoms with E-state index in [2.05, 4.69) is 246 Å². The predicted octanol–water partition coefficient (Wildman–Crippen LogP) is 16.8. The first-order valence-corrected chi connectivity index (χ1v) is 22.5. The molecule has 1 aliphatic rings. The van der Waals surface area contributed by atoms with Gasteiger partial charge in [-0.25, -0.2) is 0 Å². The van der Waals surface area contributed by atoms with Crippen molar-refractivity contribution in [2.45, 2.75) is 6.92 Å². The second kappa shape index (κ2) is 16.1. The number of rotatable bonds is 8. The Morgan fingerprint density at radius 2 is 1.02 bits per heavy atom. The lowest BCUT2D eigenvalue weighted by Crippen LogP contribution is -2.11. The Morgan fingerprint density at radius 1 is 0.439 bits per heavy atom. The third-order valence-electron chi connectivity index (χ3n) is 13.0. The average molecular weight is 845 g/mol. The molecule has 0 aliphatic carbocycles. The minimum atomic E-state index is 1.06. The van der Waals surface area contributed by atoms with Gasteiger partial charge < -0.3 is 14.0 Å². The van der Waals surface area contributed by atoms with Crippen molar-refractivity contribution in [1.29, 1.82) is 0 Å². The summed E-state index contributed by atoms with van der Waals surface area (Å²) in [7, 11) is 0. The lowest BCUT2D eigenvalue weighted by Gasteiger charge is -2.27. The van der Waals surface area contributed by atoms with Crippen LogP contribution in [0.5, 0.6) is 0 Å². The highest BCUT2D eigenvalue weighted by molar-refractivity contribution is 6.13. The SMILES string of the molecule is C=Cc1c(/C=C\C)n(-c2cccc(-c3cncc(-c4cccc(-c5ccc6c7c(n(-c8ccccc8)c6c5)-c5ccccc5N(c5ccccc5)c5ccccc5-7)c4)c3)c2)c2ccccc12. The molecule has 0 unspecified atom stereocenters. The van der Waals surface area contributed by atoms with E-state index in [0.29, 0.717) is 0 Å². The lowest BCUT2D eigenvalue weighted by atomic mass is 9.95. The van der Waals surface area contributed by atoms with Crippen LogP contribution < -0.4 is 4.90 Å². The van der Waals surface area contributed by atoms with E-state index in [0.717, 1.165) is 84.1 Å². The standard InChI is InChI=1S/C62H44N4/c1-3-19-56-51(4-2)52-28-11-14-31-57(52)65(56)50-27-18-22-44(38-50)47-37-46(40-63-41-47)43-21-17-20-42(36-43)45-34-35-54-60(39-45)66(49-25-9-6-10-26-49)62-55-30-13-16-33-59(55)64(48-23-7-5-8-24-48)58-32-15-12-29-53(58)61(54)62/h3-41H,2H2,1H3/b19-3-. The van der Waals surface area contributed by atoms with Crippen LogP contribution in [0, 0.1) is 0 Å². The number of para-hydroxylation sites is 5. The summed E-state index contributed by atoms with van der Waals surface area (Å²) in [6.07, 6.45) is 10.2. The molecule has 3 aromatic heterocycles.